The zero-order valence-corrected chi connectivity index (χ0v) is 14.4. The second-order valence-corrected chi connectivity index (χ2v) is 5.60. The summed E-state index contributed by atoms with van der Waals surface area (Å²) in [4.78, 5) is 45.8. The molecule has 0 amide bonds. The van der Waals surface area contributed by atoms with Gasteiger partial charge in [0.25, 0.3) is 0 Å². The van der Waals surface area contributed by atoms with Gasteiger partial charge in [-0.05, 0) is 26.7 Å². The molecule has 0 spiro atoms. The molecule has 0 atom stereocenters. The molecule has 2 rings (SSSR count). The molecule has 0 N–H and O–H groups in total. The molecule has 0 aromatic carbocycles. The van der Waals surface area contributed by atoms with Crippen LogP contribution in [0.5, 0.6) is 11.5 Å². The summed E-state index contributed by atoms with van der Waals surface area (Å²) in [5, 5.41) is 0. The highest BCUT2D eigenvalue weighted by molar-refractivity contribution is 5.73. The second-order valence-electron chi connectivity index (χ2n) is 5.60. The Hall–Kier alpha value is -3.16. The molecule has 0 bridgehead atoms. The quantitative estimate of drug-likeness (QED) is 0.544. The summed E-state index contributed by atoms with van der Waals surface area (Å²) in [6, 6.07) is 5.05. The van der Waals surface area contributed by atoms with E-state index in [0.29, 0.717) is 24.4 Å². The van der Waals surface area contributed by atoms with Crippen LogP contribution in [0.25, 0.3) is 0 Å². The molecule has 26 heavy (non-hydrogen) atoms. The minimum Gasteiger partial charge on any atom is -0.428 e. The highest BCUT2D eigenvalue weighted by Gasteiger charge is 2.10. The van der Waals surface area contributed by atoms with E-state index in [2.05, 4.69) is 0 Å². The first-order chi connectivity index (χ1) is 12.3. The Kier molecular flexibility index (Phi) is 6.48. The first-order valence-corrected chi connectivity index (χ1v) is 7.97. The number of unbranched alkanes of at least 4 members (excludes halogenated alkanes) is 1. The molecule has 8 heteroatoms. The van der Waals surface area contributed by atoms with E-state index in [0.717, 1.165) is 12.1 Å². The molecule has 138 valence electrons. The second kappa shape index (κ2) is 8.80. The van der Waals surface area contributed by atoms with Gasteiger partial charge in [0.1, 0.15) is 23.0 Å². The van der Waals surface area contributed by atoms with Crippen molar-refractivity contribution in [3.05, 3.63) is 56.6 Å². The molecule has 0 unspecified atom stereocenters. The molecule has 2 aromatic rings. The highest BCUT2D eigenvalue weighted by Crippen LogP contribution is 2.13. The number of carbonyl (C=O) groups is 2. The lowest BCUT2D eigenvalue weighted by Gasteiger charge is -2.05. The van der Waals surface area contributed by atoms with E-state index in [1.54, 1.807) is 13.8 Å². The van der Waals surface area contributed by atoms with Crippen LogP contribution < -0.4 is 20.7 Å². The Morgan fingerprint density at radius 3 is 1.50 bits per heavy atom. The maximum atomic E-state index is 11.7. The third-order valence-electron chi connectivity index (χ3n) is 3.21. The number of rotatable bonds is 7. The van der Waals surface area contributed by atoms with Gasteiger partial charge in [0.05, 0.1) is 12.1 Å². The Labute approximate surface area is 148 Å². The topological polar surface area (TPSA) is 113 Å². The minimum atomic E-state index is -0.597. The van der Waals surface area contributed by atoms with Crippen molar-refractivity contribution >= 4 is 11.9 Å². The van der Waals surface area contributed by atoms with Crippen molar-refractivity contribution in [2.24, 2.45) is 0 Å². The largest absolute Gasteiger partial charge is 0.428 e. The summed E-state index contributed by atoms with van der Waals surface area (Å²) < 4.78 is 19.6. The fourth-order valence-corrected chi connectivity index (χ4v) is 2.17. The number of aryl methyl sites for hydroxylation is 2. The normalized spacial score (nSPS) is 10.4. The van der Waals surface area contributed by atoms with E-state index in [9.17, 15) is 19.2 Å². The van der Waals surface area contributed by atoms with Crippen LogP contribution in [0.15, 0.2) is 42.7 Å². The standard InChI is InChI=1S/C18H18O8/c1-11-7-13(9-17(21)23-11)25-15(19)5-3-4-6-16(20)26-14-8-12(2)24-18(22)10-14/h7-10H,3-6H2,1-2H3. The highest BCUT2D eigenvalue weighted by atomic mass is 16.5. The zero-order chi connectivity index (χ0) is 19.1. The van der Waals surface area contributed by atoms with Crippen molar-refractivity contribution in [1.82, 2.24) is 0 Å². The van der Waals surface area contributed by atoms with Crippen molar-refractivity contribution in [3.63, 3.8) is 0 Å². The van der Waals surface area contributed by atoms with Crippen LogP contribution in [0.3, 0.4) is 0 Å². The van der Waals surface area contributed by atoms with Gasteiger partial charge >= 0.3 is 23.2 Å². The van der Waals surface area contributed by atoms with E-state index in [4.69, 9.17) is 18.3 Å². The van der Waals surface area contributed by atoms with E-state index in [1.165, 1.54) is 12.1 Å². The van der Waals surface area contributed by atoms with Crippen LogP contribution in [-0.2, 0) is 9.59 Å². The molecule has 0 aliphatic carbocycles. The summed E-state index contributed by atoms with van der Waals surface area (Å²) >= 11 is 0. The van der Waals surface area contributed by atoms with Crippen molar-refractivity contribution < 1.29 is 27.9 Å². The van der Waals surface area contributed by atoms with Crippen LogP contribution in [0.1, 0.15) is 37.2 Å². The van der Waals surface area contributed by atoms with E-state index < -0.39 is 23.2 Å². The summed E-state index contributed by atoms with van der Waals surface area (Å²) in [6.07, 6.45) is 0.982. The van der Waals surface area contributed by atoms with Gasteiger partial charge in [-0.2, -0.15) is 0 Å². The molecule has 0 saturated heterocycles. The predicted octanol–water partition coefficient (Wildman–Crippen LogP) is 2.28. The van der Waals surface area contributed by atoms with Gasteiger partial charge in [0.15, 0.2) is 0 Å². The number of hydrogen-bond donors (Lipinski definition) is 0. The van der Waals surface area contributed by atoms with Crippen LogP contribution in [0.4, 0.5) is 0 Å². The fraction of sp³-hybridized carbons (Fsp3) is 0.333. The smallest absolute Gasteiger partial charge is 0.339 e. The molecular formula is C18H18O8. The van der Waals surface area contributed by atoms with Crippen molar-refractivity contribution in [2.45, 2.75) is 39.5 Å². The molecule has 0 aliphatic heterocycles. The maximum Gasteiger partial charge on any atom is 0.339 e. The minimum absolute atomic E-state index is 0.0839. The van der Waals surface area contributed by atoms with Crippen LogP contribution >= 0.6 is 0 Å². The maximum absolute atomic E-state index is 11.7. The molecular weight excluding hydrogens is 344 g/mol. The fourth-order valence-electron chi connectivity index (χ4n) is 2.17. The van der Waals surface area contributed by atoms with Crippen molar-refractivity contribution in [2.75, 3.05) is 0 Å². The Bertz CT molecular complexity index is 830. The zero-order valence-electron chi connectivity index (χ0n) is 14.4. The third-order valence-corrected chi connectivity index (χ3v) is 3.21. The van der Waals surface area contributed by atoms with Gasteiger partial charge in [0.2, 0.25) is 0 Å². The molecule has 0 saturated carbocycles. The summed E-state index contributed by atoms with van der Waals surface area (Å²) in [5.41, 5.74) is -1.19. The van der Waals surface area contributed by atoms with Gasteiger partial charge in [0, 0.05) is 25.0 Å². The number of ether oxygens (including phenoxy) is 2. The van der Waals surface area contributed by atoms with Gasteiger partial charge in [-0.15, -0.1) is 0 Å². The average Bonchev–Trinajstić information content (AvgIpc) is 2.49. The van der Waals surface area contributed by atoms with Crippen molar-refractivity contribution in [3.8, 4) is 11.5 Å². The Balaban J connectivity index is 1.72. The van der Waals surface area contributed by atoms with Gasteiger partial charge in [-0.3, -0.25) is 9.59 Å². The van der Waals surface area contributed by atoms with Crippen LogP contribution in [0, 0.1) is 13.8 Å². The van der Waals surface area contributed by atoms with E-state index >= 15 is 0 Å². The predicted molar refractivity (Wildman–Crippen MR) is 89.2 cm³/mol. The lowest BCUT2D eigenvalue weighted by atomic mass is 10.2. The number of carbonyl (C=O) groups excluding carboxylic acids is 2. The molecule has 0 radical (unpaired) electrons. The molecule has 2 aromatic heterocycles. The summed E-state index contributed by atoms with van der Waals surface area (Å²) in [6.45, 7) is 3.14. The van der Waals surface area contributed by atoms with Crippen molar-refractivity contribution in [1.29, 1.82) is 0 Å². The van der Waals surface area contributed by atoms with Crippen LogP contribution in [-0.4, -0.2) is 11.9 Å². The van der Waals surface area contributed by atoms with Gasteiger partial charge < -0.3 is 18.3 Å². The molecule has 0 fully saturated rings. The number of esters is 2. The Morgan fingerprint density at radius 1 is 0.769 bits per heavy atom. The van der Waals surface area contributed by atoms with Crippen LogP contribution in [0.2, 0.25) is 0 Å². The third kappa shape index (κ3) is 6.39. The van der Waals surface area contributed by atoms with E-state index in [-0.39, 0.29) is 24.3 Å². The molecule has 0 aliphatic rings. The lowest BCUT2D eigenvalue weighted by molar-refractivity contribution is -0.136. The summed E-state index contributed by atoms with van der Waals surface area (Å²) in [5.74, 6) is -0.0938. The Morgan fingerprint density at radius 2 is 1.15 bits per heavy atom. The molecule has 2 heterocycles. The monoisotopic (exact) mass is 362 g/mol. The number of hydrogen-bond acceptors (Lipinski definition) is 8. The molecule has 8 nitrogen and oxygen atoms in total. The van der Waals surface area contributed by atoms with Gasteiger partial charge in [-0.25, -0.2) is 9.59 Å². The van der Waals surface area contributed by atoms with Gasteiger partial charge in [-0.1, -0.05) is 0 Å². The lowest BCUT2D eigenvalue weighted by Crippen LogP contribution is -2.12. The van der Waals surface area contributed by atoms with E-state index in [1.807, 2.05) is 0 Å². The first kappa shape index (κ1) is 19.2. The summed E-state index contributed by atoms with van der Waals surface area (Å²) in [7, 11) is 0. The first-order valence-electron chi connectivity index (χ1n) is 7.97. The average molecular weight is 362 g/mol. The SMILES string of the molecule is Cc1cc(OC(=O)CCCCC(=O)Oc2cc(C)oc(=O)c2)cc(=O)o1.